The molecule has 1 saturated heterocycles. The van der Waals surface area contributed by atoms with Gasteiger partial charge in [-0.3, -0.25) is 4.99 Å². The monoisotopic (exact) mass is 446 g/mol. The number of halogens is 2. The van der Waals surface area contributed by atoms with Gasteiger partial charge in [0.2, 0.25) is 0 Å². The van der Waals surface area contributed by atoms with Crippen molar-refractivity contribution in [2.75, 3.05) is 18.0 Å². The predicted octanol–water partition coefficient (Wildman–Crippen LogP) is 7.17. The van der Waals surface area contributed by atoms with E-state index in [1.807, 2.05) is 30.5 Å². The predicted molar refractivity (Wildman–Crippen MR) is 122 cm³/mol. The summed E-state index contributed by atoms with van der Waals surface area (Å²) in [4.78, 5) is 7.13. The second kappa shape index (κ2) is 9.25. The highest BCUT2D eigenvalue weighted by Gasteiger charge is 2.35. The van der Waals surface area contributed by atoms with Gasteiger partial charge in [0.15, 0.2) is 0 Å². The summed E-state index contributed by atoms with van der Waals surface area (Å²) in [7, 11) is 0. The molecular weight excluding hydrogens is 420 g/mol. The minimum absolute atomic E-state index is 0. The molecule has 4 rings (SSSR count). The zero-order chi connectivity index (χ0) is 17.8. The van der Waals surface area contributed by atoms with Crippen LogP contribution in [0.2, 0.25) is 0 Å². The van der Waals surface area contributed by atoms with Crippen molar-refractivity contribution in [3.8, 4) is 0 Å². The van der Waals surface area contributed by atoms with Crippen molar-refractivity contribution in [1.29, 1.82) is 0 Å². The number of nitrogens with zero attached hydrogens (tertiary/aromatic N) is 2. The average molecular weight is 448 g/mol. The van der Waals surface area contributed by atoms with Crippen molar-refractivity contribution in [3.63, 3.8) is 0 Å². The molecule has 0 N–H and O–H groups in total. The topological polar surface area (TPSA) is 15.6 Å². The Hall–Kier alpha value is -1.32. The highest BCUT2D eigenvalue weighted by molar-refractivity contribution is 9.10. The Morgan fingerprint density at radius 3 is 2.26 bits per heavy atom. The quantitative estimate of drug-likeness (QED) is 0.455. The molecule has 2 aliphatic rings. The van der Waals surface area contributed by atoms with Crippen molar-refractivity contribution in [1.82, 2.24) is 0 Å². The zero-order valence-corrected chi connectivity index (χ0v) is 18.1. The van der Waals surface area contributed by atoms with Gasteiger partial charge in [-0.1, -0.05) is 53.4 Å². The number of hydrogen-bond acceptors (Lipinski definition) is 2. The molecule has 2 nitrogen and oxygen atoms in total. The van der Waals surface area contributed by atoms with E-state index < -0.39 is 0 Å². The molecule has 1 aliphatic heterocycles. The Labute approximate surface area is 177 Å². The van der Waals surface area contributed by atoms with E-state index in [0.29, 0.717) is 5.41 Å². The lowest BCUT2D eigenvalue weighted by Gasteiger charge is -2.45. The van der Waals surface area contributed by atoms with Crippen LogP contribution in [0.25, 0.3) is 0 Å². The summed E-state index contributed by atoms with van der Waals surface area (Å²) in [6.45, 7) is 2.43. The molecule has 0 atom stereocenters. The normalized spacial score (nSPS) is 19.2. The fourth-order valence-electron chi connectivity index (χ4n) is 4.52. The van der Waals surface area contributed by atoms with Gasteiger partial charge < -0.3 is 4.90 Å². The average Bonchev–Trinajstić information content (AvgIpc) is 2.68. The highest BCUT2D eigenvalue weighted by atomic mass is 79.9. The minimum Gasteiger partial charge on any atom is -0.371 e. The van der Waals surface area contributed by atoms with Crippen LogP contribution in [0.4, 0.5) is 11.4 Å². The molecule has 144 valence electrons. The fourth-order valence-corrected chi connectivity index (χ4v) is 4.90. The van der Waals surface area contributed by atoms with Crippen LogP contribution in [0.1, 0.15) is 50.5 Å². The maximum absolute atomic E-state index is 4.57. The zero-order valence-electron chi connectivity index (χ0n) is 15.7. The van der Waals surface area contributed by atoms with Gasteiger partial charge in [0.1, 0.15) is 0 Å². The van der Waals surface area contributed by atoms with Gasteiger partial charge in [0.05, 0.1) is 5.69 Å². The molecule has 2 aromatic rings. The fraction of sp³-hybridized carbons (Fsp3) is 0.435. The third kappa shape index (κ3) is 5.14. The van der Waals surface area contributed by atoms with E-state index in [4.69, 9.17) is 0 Å². The number of anilines is 1. The Morgan fingerprint density at radius 1 is 0.889 bits per heavy atom. The van der Waals surface area contributed by atoms with Crippen LogP contribution in [0.5, 0.6) is 0 Å². The third-order valence-corrected chi connectivity index (χ3v) is 6.66. The van der Waals surface area contributed by atoms with Crippen LogP contribution in [-0.2, 0) is 0 Å². The van der Waals surface area contributed by atoms with E-state index in [-0.39, 0.29) is 12.4 Å². The molecule has 4 heteroatoms. The standard InChI is InChI=1S/C23H27BrN2.ClH/c24-20-5-4-6-21(17-20)25-18-19-7-9-22(10-8-19)26-15-13-23(14-16-26)11-2-1-3-12-23;/h4-10,17-18H,1-3,11-16H2;1H. The van der Waals surface area contributed by atoms with E-state index in [9.17, 15) is 0 Å². The van der Waals surface area contributed by atoms with Crippen molar-refractivity contribution < 1.29 is 0 Å². The van der Waals surface area contributed by atoms with Crippen LogP contribution in [-0.4, -0.2) is 19.3 Å². The van der Waals surface area contributed by atoms with Crippen LogP contribution in [0.15, 0.2) is 58.0 Å². The molecule has 2 fully saturated rings. The summed E-state index contributed by atoms with van der Waals surface area (Å²) >= 11 is 3.49. The van der Waals surface area contributed by atoms with E-state index >= 15 is 0 Å². The molecule has 0 aromatic heterocycles. The summed E-state index contributed by atoms with van der Waals surface area (Å²) in [6, 6.07) is 16.9. The minimum atomic E-state index is 0. The number of hydrogen-bond donors (Lipinski definition) is 0. The first-order valence-electron chi connectivity index (χ1n) is 9.87. The van der Waals surface area contributed by atoms with Crippen molar-refractivity contribution in [3.05, 3.63) is 58.6 Å². The number of rotatable bonds is 3. The first-order chi connectivity index (χ1) is 12.7. The van der Waals surface area contributed by atoms with E-state index in [0.717, 1.165) is 15.7 Å². The first-order valence-corrected chi connectivity index (χ1v) is 10.7. The second-order valence-electron chi connectivity index (χ2n) is 7.88. The van der Waals surface area contributed by atoms with Gasteiger partial charge >= 0.3 is 0 Å². The second-order valence-corrected chi connectivity index (χ2v) is 8.79. The SMILES string of the molecule is Brc1cccc(N=Cc2ccc(N3CCC4(CCCCC4)CC3)cc2)c1.Cl. The Morgan fingerprint density at radius 2 is 1.59 bits per heavy atom. The van der Waals surface area contributed by atoms with Gasteiger partial charge in [-0.05, 0) is 67.0 Å². The summed E-state index contributed by atoms with van der Waals surface area (Å²) < 4.78 is 1.06. The van der Waals surface area contributed by atoms with Crippen molar-refractivity contribution >= 4 is 45.9 Å². The molecular formula is C23H28BrClN2. The van der Waals surface area contributed by atoms with Crippen LogP contribution in [0, 0.1) is 5.41 Å². The van der Waals surface area contributed by atoms with Crippen LogP contribution < -0.4 is 4.90 Å². The largest absolute Gasteiger partial charge is 0.371 e. The molecule has 0 unspecified atom stereocenters. The number of aliphatic imine (C=N–C) groups is 1. The van der Waals surface area contributed by atoms with Crippen LogP contribution in [0.3, 0.4) is 0 Å². The van der Waals surface area contributed by atoms with E-state index in [1.165, 1.54) is 63.7 Å². The number of benzene rings is 2. The van der Waals surface area contributed by atoms with E-state index in [1.54, 1.807) is 0 Å². The van der Waals surface area contributed by atoms with Gasteiger partial charge in [-0.15, -0.1) is 12.4 Å². The Balaban J connectivity index is 0.00000210. The lowest BCUT2D eigenvalue weighted by Crippen LogP contribution is -2.41. The first kappa shape index (κ1) is 20.4. The summed E-state index contributed by atoms with van der Waals surface area (Å²) in [5.74, 6) is 0. The van der Waals surface area contributed by atoms with Crippen molar-refractivity contribution in [2.45, 2.75) is 44.9 Å². The lowest BCUT2D eigenvalue weighted by molar-refractivity contribution is 0.144. The Bertz CT molecular complexity index is 756. The van der Waals surface area contributed by atoms with Gasteiger partial charge in [0.25, 0.3) is 0 Å². The third-order valence-electron chi connectivity index (χ3n) is 6.17. The molecule has 1 spiro atoms. The van der Waals surface area contributed by atoms with Gasteiger partial charge in [-0.25, -0.2) is 0 Å². The molecule has 1 saturated carbocycles. The van der Waals surface area contributed by atoms with E-state index in [2.05, 4.69) is 50.1 Å². The highest BCUT2D eigenvalue weighted by Crippen LogP contribution is 2.45. The summed E-state index contributed by atoms with van der Waals surface area (Å²) in [5, 5.41) is 0. The maximum Gasteiger partial charge on any atom is 0.0641 e. The summed E-state index contributed by atoms with van der Waals surface area (Å²) in [6.07, 6.45) is 12.0. The smallest absolute Gasteiger partial charge is 0.0641 e. The molecule has 0 bridgehead atoms. The molecule has 0 amide bonds. The van der Waals surface area contributed by atoms with Crippen molar-refractivity contribution in [2.24, 2.45) is 10.4 Å². The molecule has 0 radical (unpaired) electrons. The van der Waals surface area contributed by atoms with Gasteiger partial charge in [-0.2, -0.15) is 0 Å². The molecule has 27 heavy (non-hydrogen) atoms. The maximum atomic E-state index is 4.57. The Kier molecular flexibility index (Phi) is 6.99. The lowest BCUT2D eigenvalue weighted by atomic mass is 9.68. The molecule has 1 aliphatic carbocycles. The molecule has 1 heterocycles. The molecule has 2 aromatic carbocycles. The number of piperidine rings is 1. The van der Waals surface area contributed by atoms with Crippen LogP contribution >= 0.6 is 28.3 Å². The van der Waals surface area contributed by atoms with Gasteiger partial charge in [0, 0.05) is 29.5 Å². The summed E-state index contributed by atoms with van der Waals surface area (Å²) in [5.41, 5.74) is 4.15.